The number of methoxy groups -OCH3 is 1. The van der Waals surface area contributed by atoms with Crippen molar-refractivity contribution in [2.45, 2.75) is 13.8 Å². The predicted octanol–water partition coefficient (Wildman–Crippen LogP) is 5.36. The van der Waals surface area contributed by atoms with Crippen molar-refractivity contribution < 1.29 is 19.1 Å². The molecule has 0 saturated carbocycles. The van der Waals surface area contributed by atoms with Crippen molar-refractivity contribution in [3.8, 4) is 5.75 Å². The van der Waals surface area contributed by atoms with Crippen LogP contribution in [0.4, 0.5) is 5.69 Å². The Balaban J connectivity index is 1.95. The normalized spacial score (nSPS) is 11.0. The molecular weight excluding hydrogens is 390 g/mol. The minimum Gasteiger partial charge on any atom is -0.497 e. The summed E-state index contributed by atoms with van der Waals surface area (Å²) in [6, 6.07) is 22.0. The number of carbonyl (C=O) groups is 2. The van der Waals surface area contributed by atoms with Gasteiger partial charge >= 0.3 is 5.97 Å². The van der Waals surface area contributed by atoms with Gasteiger partial charge in [0.1, 0.15) is 5.75 Å². The van der Waals surface area contributed by atoms with E-state index in [1.54, 1.807) is 32.2 Å². The second-order valence-corrected chi connectivity index (χ2v) is 6.90. The highest BCUT2D eigenvalue weighted by molar-refractivity contribution is 6.29. The lowest BCUT2D eigenvalue weighted by atomic mass is 10.0. The van der Waals surface area contributed by atoms with E-state index in [9.17, 15) is 9.59 Å². The first-order chi connectivity index (χ1) is 15.0. The Labute approximate surface area is 182 Å². The summed E-state index contributed by atoms with van der Waals surface area (Å²) in [5.74, 6) is 0.0513. The second kappa shape index (κ2) is 10.3. The fourth-order valence-corrected chi connectivity index (χ4v) is 3.05. The quantitative estimate of drug-likeness (QED) is 0.321. The van der Waals surface area contributed by atoms with Gasteiger partial charge in [-0.3, -0.25) is 4.79 Å². The molecule has 5 nitrogen and oxygen atoms in total. The summed E-state index contributed by atoms with van der Waals surface area (Å²) in [6.45, 7) is 3.92. The van der Waals surface area contributed by atoms with Gasteiger partial charge in [-0.05, 0) is 60.9 Å². The summed E-state index contributed by atoms with van der Waals surface area (Å²) in [6.07, 6.45) is 1.83. The molecule has 0 spiro atoms. The van der Waals surface area contributed by atoms with Gasteiger partial charge in [0.2, 0.25) is 0 Å². The number of nitrogens with one attached hydrogen (secondary N) is 1. The zero-order valence-electron chi connectivity index (χ0n) is 17.8. The molecule has 0 aromatic heterocycles. The third-order valence-corrected chi connectivity index (χ3v) is 4.75. The molecule has 0 atom stereocenters. The molecule has 3 aromatic carbocycles. The largest absolute Gasteiger partial charge is 0.497 e. The molecule has 1 amide bonds. The first kappa shape index (κ1) is 21.8. The molecule has 0 aliphatic heterocycles. The maximum atomic E-state index is 13.3. The van der Waals surface area contributed by atoms with Crippen molar-refractivity contribution in [2.75, 3.05) is 19.0 Å². The van der Waals surface area contributed by atoms with E-state index < -0.39 is 5.97 Å². The predicted molar refractivity (Wildman–Crippen MR) is 123 cm³/mol. The van der Waals surface area contributed by atoms with Gasteiger partial charge < -0.3 is 14.8 Å². The number of hydrogen-bond donors (Lipinski definition) is 1. The van der Waals surface area contributed by atoms with Gasteiger partial charge in [0.25, 0.3) is 5.91 Å². The zero-order valence-corrected chi connectivity index (χ0v) is 17.8. The first-order valence-electron chi connectivity index (χ1n) is 10.0. The van der Waals surface area contributed by atoms with Crippen molar-refractivity contribution in [1.82, 2.24) is 0 Å². The van der Waals surface area contributed by atoms with Crippen LogP contribution < -0.4 is 10.1 Å². The Hall–Kier alpha value is -3.86. The monoisotopic (exact) mass is 415 g/mol. The number of amides is 1. The number of aryl methyl sites for hydroxylation is 1. The highest BCUT2D eigenvalue weighted by atomic mass is 16.5. The van der Waals surface area contributed by atoms with Gasteiger partial charge in [0.05, 0.1) is 19.3 Å². The molecule has 3 rings (SSSR count). The van der Waals surface area contributed by atoms with Gasteiger partial charge in [0.15, 0.2) is 0 Å². The standard InChI is InChI=1S/C26H25NO4/c1-4-31-26(29)21-13-10-18(2)24(17-21)27-25(28)23(20-8-6-5-7-9-20)16-19-11-14-22(30-3)15-12-19/h5-17H,4H2,1-3H3,(H,27,28)/b23-16+. The first-order valence-corrected chi connectivity index (χ1v) is 10.0. The van der Waals surface area contributed by atoms with Crippen molar-refractivity contribution in [3.05, 3.63) is 95.1 Å². The Bertz CT molecular complexity index is 1090. The van der Waals surface area contributed by atoms with Crippen LogP contribution in [0.5, 0.6) is 5.75 Å². The number of esters is 1. The van der Waals surface area contributed by atoms with Crippen molar-refractivity contribution >= 4 is 29.2 Å². The van der Waals surface area contributed by atoms with Crippen LogP contribution in [-0.2, 0) is 9.53 Å². The van der Waals surface area contributed by atoms with E-state index in [1.807, 2.05) is 67.6 Å². The Morgan fingerprint density at radius 2 is 1.65 bits per heavy atom. The smallest absolute Gasteiger partial charge is 0.338 e. The average molecular weight is 415 g/mol. The number of rotatable bonds is 7. The second-order valence-electron chi connectivity index (χ2n) is 6.90. The van der Waals surface area contributed by atoms with E-state index in [4.69, 9.17) is 9.47 Å². The summed E-state index contributed by atoms with van der Waals surface area (Å²) in [5, 5.41) is 2.95. The van der Waals surface area contributed by atoms with Crippen molar-refractivity contribution in [2.24, 2.45) is 0 Å². The van der Waals surface area contributed by atoms with Crippen LogP contribution in [-0.4, -0.2) is 25.6 Å². The highest BCUT2D eigenvalue weighted by Gasteiger charge is 2.15. The number of ether oxygens (including phenoxy) is 2. The summed E-state index contributed by atoms with van der Waals surface area (Å²) >= 11 is 0. The van der Waals surface area contributed by atoms with E-state index >= 15 is 0 Å². The molecule has 0 aliphatic carbocycles. The SMILES string of the molecule is CCOC(=O)c1ccc(C)c(NC(=O)/C(=C/c2ccc(OC)cc2)c2ccccc2)c1. The number of anilines is 1. The molecule has 0 radical (unpaired) electrons. The lowest BCUT2D eigenvalue weighted by molar-refractivity contribution is -0.111. The van der Waals surface area contributed by atoms with Crippen LogP contribution in [0.25, 0.3) is 11.6 Å². The third-order valence-electron chi connectivity index (χ3n) is 4.75. The number of benzene rings is 3. The summed E-state index contributed by atoms with van der Waals surface area (Å²) < 4.78 is 10.3. The Morgan fingerprint density at radius 3 is 2.29 bits per heavy atom. The molecule has 158 valence electrons. The van der Waals surface area contributed by atoms with Gasteiger partial charge in [-0.25, -0.2) is 4.79 Å². The molecular formula is C26H25NO4. The maximum Gasteiger partial charge on any atom is 0.338 e. The fourth-order valence-electron chi connectivity index (χ4n) is 3.05. The van der Waals surface area contributed by atoms with Gasteiger partial charge in [0, 0.05) is 11.3 Å². The Kier molecular flexibility index (Phi) is 7.22. The molecule has 1 N–H and O–H groups in total. The summed E-state index contributed by atoms with van der Waals surface area (Å²) in [7, 11) is 1.61. The van der Waals surface area contributed by atoms with Crippen LogP contribution in [0.15, 0.2) is 72.8 Å². The van der Waals surface area contributed by atoms with E-state index in [2.05, 4.69) is 5.32 Å². The van der Waals surface area contributed by atoms with Crippen LogP contribution >= 0.6 is 0 Å². The number of hydrogen-bond acceptors (Lipinski definition) is 4. The molecule has 5 heteroatoms. The fraction of sp³-hybridized carbons (Fsp3) is 0.154. The van der Waals surface area contributed by atoms with Crippen LogP contribution in [0, 0.1) is 6.92 Å². The molecule has 0 unspecified atom stereocenters. The molecule has 31 heavy (non-hydrogen) atoms. The van der Waals surface area contributed by atoms with Gasteiger partial charge in [-0.1, -0.05) is 48.5 Å². The van der Waals surface area contributed by atoms with Gasteiger partial charge in [-0.2, -0.15) is 0 Å². The minimum atomic E-state index is -0.421. The average Bonchev–Trinajstić information content (AvgIpc) is 2.80. The molecule has 0 bridgehead atoms. The lowest BCUT2D eigenvalue weighted by Crippen LogP contribution is -2.15. The van der Waals surface area contributed by atoms with Crippen molar-refractivity contribution in [3.63, 3.8) is 0 Å². The van der Waals surface area contributed by atoms with Gasteiger partial charge in [-0.15, -0.1) is 0 Å². The molecule has 0 fully saturated rings. The minimum absolute atomic E-state index is 0.272. The lowest BCUT2D eigenvalue weighted by Gasteiger charge is -2.13. The molecule has 0 saturated heterocycles. The van der Waals surface area contributed by atoms with Crippen LogP contribution in [0.3, 0.4) is 0 Å². The highest BCUT2D eigenvalue weighted by Crippen LogP contribution is 2.24. The van der Waals surface area contributed by atoms with Crippen LogP contribution in [0.1, 0.15) is 34.0 Å². The molecule has 0 aliphatic rings. The van der Waals surface area contributed by atoms with E-state index in [0.717, 1.165) is 22.4 Å². The maximum absolute atomic E-state index is 13.3. The summed E-state index contributed by atoms with van der Waals surface area (Å²) in [4.78, 5) is 25.4. The third kappa shape index (κ3) is 5.60. The van der Waals surface area contributed by atoms with Crippen LogP contribution in [0.2, 0.25) is 0 Å². The van der Waals surface area contributed by atoms with E-state index in [0.29, 0.717) is 16.8 Å². The van der Waals surface area contributed by atoms with E-state index in [-0.39, 0.29) is 12.5 Å². The topological polar surface area (TPSA) is 64.6 Å². The summed E-state index contributed by atoms with van der Waals surface area (Å²) in [5.41, 5.74) is 3.96. The van der Waals surface area contributed by atoms with E-state index in [1.165, 1.54) is 0 Å². The molecule has 0 heterocycles. The number of carbonyl (C=O) groups excluding carboxylic acids is 2. The molecule has 3 aromatic rings. The zero-order chi connectivity index (χ0) is 22.2. The van der Waals surface area contributed by atoms with Crippen molar-refractivity contribution in [1.29, 1.82) is 0 Å². The Morgan fingerprint density at radius 1 is 0.935 bits per heavy atom.